The molecule has 0 fully saturated rings. The Kier molecular flexibility index (Phi) is 4.71. The molecule has 4 rings (SSSR count). The molecule has 0 aliphatic carbocycles. The van der Waals surface area contributed by atoms with Crippen LogP contribution in [0.3, 0.4) is 0 Å². The van der Waals surface area contributed by atoms with E-state index in [1.54, 1.807) is 25.5 Å². The van der Waals surface area contributed by atoms with Crippen molar-refractivity contribution in [2.75, 3.05) is 10.6 Å². The summed E-state index contributed by atoms with van der Waals surface area (Å²) < 4.78 is 39.2. The van der Waals surface area contributed by atoms with E-state index in [-0.39, 0.29) is 5.69 Å². The molecule has 2 heterocycles. The van der Waals surface area contributed by atoms with Gasteiger partial charge >= 0.3 is 6.30 Å². The van der Waals surface area contributed by atoms with Crippen molar-refractivity contribution in [2.24, 2.45) is 0 Å². The van der Waals surface area contributed by atoms with E-state index in [1.165, 1.54) is 17.4 Å². The molecule has 148 valence electrons. The molecule has 6 nitrogen and oxygen atoms in total. The summed E-state index contributed by atoms with van der Waals surface area (Å²) in [6.07, 6.45) is 0.844. The van der Waals surface area contributed by atoms with Gasteiger partial charge in [-0.05, 0) is 48.4 Å². The maximum Gasteiger partial charge on any atom is 0.482 e. The largest absolute Gasteiger partial charge is 0.482 e. The Balaban J connectivity index is 1.48. The highest BCUT2D eigenvalue weighted by atomic mass is 19.4. The van der Waals surface area contributed by atoms with Crippen LogP contribution in [0.1, 0.15) is 5.56 Å². The zero-order chi connectivity index (χ0) is 20.4. The van der Waals surface area contributed by atoms with Crippen LogP contribution in [0.25, 0.3) is 16.9 Å². The summed E-state index contributed by atoms with van der Waals surface area (Å²) >= 11 is 0. The number of anilines is 3. The summed E-state index contributed by atoms with van der Waals surface area (Å²) in [5, 5.41) is 11.8. The summed E-state index contributed by atoms with van der Waals surface area (Å²) in [6.45, 7) is 1.73. The first-order valence-corrected chi connectivity index (χ1v) is 8.74. The second-order valence-corrected chi connectivity index (χ2v) is 6.46. The van der Waals surface area contributed by atoms with Crippen LogP contribution in [0.15, 0.2) is 67.3 Å². The van der Waals surface area contributed by atoms with Crippen LogP contribution in [0.4, 0.5) is 30.4 Å². The van der Waals surface area contributed by atoms with E-state index in [1.807, 2.05) is 41.1 Å². The van der Waals surface area contributed by atoms with E-state index in [2.05, 4.69) is 20.5 Å². The van der Waals surface area contributed by atoms with Gasteiger partial charge in [0.2, 0.25) is 0 Å². The molecule has 0 saturated carbocycles. The lowest BCUT2D eigenvalue weighted by atomic mass is 10.1. The van der Waals surface area contributed by atoms with Crippen LogP contribution in [0.5, 0.6) is 0 Å². The average molecular weight is 398 g/mol. The summed E-state index contributed by atoms with van der Waals surface area (Å²) in [4.78, 5) is 4.03. The van der Waals surface area contributed by atoms with Crippen molar-refractivity contribution in [2.45, 2.75) is 13.2 Å². The molecule has 0 aliphatic heterocycles. The molecule has 0 amide bonds. The van der Waals surface area contributed by atoms with Crippen LogP contribution < -0.4 is 10.6 Å². The van der Waals surface area contributed by atoms with Crippen LogP contribution in [0.2, 0.25) is 0 Å². The fraction of sp³-hybridized carbons (Fsp3) is 0.100. The number of aromatic nitrogens is 4. The second kappa shape index (κ2) is 7.34. The number of rotatable bonds is 5. The zero-order valence-electron chi connectivity index (χ0n) is 15.3. The van der Waals surface area contributed by atoms with Crippen LogP contribution in [-0.4, -0.2) is 26.0 Å². The minimum atomic E-state index is -4.47. The molecule has 0 radical (unpaired) electrons. The molecule has 0 unspecified atom stereocenters. The van der Waals surface area contributed by atoms with Gasteiger partial charge in [0.1, 0.15) is 0 Å². The Hall–Kier alpha value is -3.75. The lowest BCUT2D eigenvalue weighted by molar-refractivity contribution is -0.0999. The maximum atomic E-state index is 12.4. The Morgan fingerprint density at radius 3 is 2.48 bits per heavy atom. The van der Waals surface area contributed by atoms with Crippen molar-refractivity contribution >= 4 is 17.2 Å². The van der Waals surface area contributed by atoms with Gasteiger partial charge in [-0.3, -0.25) is 10.4 Å². The molecule has 9 heteroatoms. The molecule has 2 aromatic heterocycles. The fourth-order valence-electron chi connectivity index (χ4n) is 2.94. The number of nitrogens with one attached hydrogen (secondary N) is 3. The van der Waals surface area contributed by atoms with E-state index in [9.17, 15) is 13.2 Å². The quantitative estimate of drug-likeness (QED) is 0.402. The van der Waals surface area contributed by atoms with Crippen LogP contribution >= 0.6 is 0 Å². The van der Waals surface area contributed by atoms with Gasteiger partial charge < -0.3 is 9.88 Å². The molecular formula is C20H17F3N6. The van der Waals surface area contributed by atoms with Crippen molar-refractivity contribution in [1.82, 2.24) is 19.7 Å². The minimum Gasteiger partial charge on any atom is -0.339 e. The van der Waals surface area contributed by atoms with E-state index >= 15 is 0 Å². The van der Waals surface area contributed by atoms with Crippen molar-refractivity contribution in [3.8, 4) is 16.9 Å². The smallest absolute Gasteiger partial charge is 0.339 e. The number of aromatic amines is 1. The lowest BCUT2D eigenvalue weighted by Crippen LogP contribution is -2.20. The number of alkyl halides is 3. The normalized spacial score (nSPS) is 11.4. The number of halogens is 3. The predicted molar refractivity (Wildman–Crippen MR) is 105 cm³/mol. The first-order valence-electron chi connectivity index (χ1n) is 8.74. The fourth-order valence-corrected chi connectivity index (χ4v) is 2.94. The Labute approximate surface area is 164 Å². The first kappa shape index (κ1) is 18.6. The van der Waals surface area contributed by atoms with Gasteiger partial charge in [-0.25, -0.2) is 4.98 Å². The lowest BCUT2D eigenvalue weighted by Gasteiger charge is -2.13. The van der Waals surface area contributed by atoms with Gasteiger partial charge in [-0.15, -0.1) is 0 Å². The third-order valence-electron chi connectivity index (χ3n) is 4.33. The van der Waals surface area contributed by atoms with Crippen LogP contribution in [0, 0.1) is 6.92 Å². The number of H-pyrrole nitrogens is 1. The Morgan fingerprint density at radius 1 is 1.03 bits per heavy atom. The van der Waals surface area contributed by atoms with Gasteiger partial charge in [-0.1, -0.05) is 12.1 Å². The Bertz CT molecular complexity index is 1100. The maximum absolute atomic E-state index is 12.4. The summed E-state index contributed by atoms with van der Waals surface area (Å²) in [6, 6.07) is 14.1. The van der Waals surface area contributed by atoms with Crippen molar-refractivity contribution in [3.63, 3.8) is 0 Å². The molecule has 0 aliphatic rings. The molecule has 2 aromatic carbocycles. The standard InChI is InChI=1S/C20H17F3N6/c1-13-10-15(26-20(21,22)23)4-7-17(13)25-19-11-18(27-28-19)14-2-5-16(6-3-14)29-9-8-24-12-29/h2-12,26H,1H3,(H2,25,27,28). The minimum absolute atomic E-state index is 0.0127. The highest BCUT2D eigenvalue weighted by molar-refractivity contribution is 5.69. The zero-order valence-corrected chi connectivity index (χ0v) is 15.3. The Morgan fingerprint density at radius 2 is 1.83 bits per heavy atom. The molecule has 0 atom stereocenters. The highest BCUT2D eigenvalue weighted by Gasteiger charge is 2.27. The molecule has 0 spiro atoms. The number of benzene rings is 2. The summed E-state index contributed by atoms with van der Waals surface area (Å²) in [5.41, 5.74) is 4.09. The number of hydrogen-bond donors (Lipinski definition) is 3. The molecular weight excluding hydrogens is 381 g/mol. The second-order valence-electron chi connectivity index (χ2n) is 6.46. The predicted octanol–water partition coefficient (Wildman–Crippen LogP) is 5.25. The molecule has 4 aromatic rings. The van der Waals surface area contributed by atoms with Crippen molar-refractivity contribution in [1.29, 1.82) is 0 Å². The van der Waals surface area contributed by atoms with E-state index < -0.39 is 6.30 Å². The summed E-state index contributed by atoms with van der Waals surface area (Å²) in [7, 11) is 0. The first-order chi connectivity index (χ1) is 13.9. The van der Waals surface area contributed by atoms with Gasteiger partial charge in [0.05, 0.1) is 12.0 Å². The van der Waals surface area contributed by atoms with Crippen LogP contribution in [-0.2, 0) is 0 Å². The highest BCUT2D eigenvalue weighted by Crippen LogP contribution is 2.28. The van der Waals surface area contributed by atoms with Gasteiger partial charge in [0.15, 0.2) is 5.82 Å². The van der Waals surface area contributed by atoms with E-state index in [4.69, 9.17) is 0 Å². The average Bonchev–Trinajstić information content (AvgIpc) is 3.35. The SMILES string of the molecule is Cc1cc(NC(F)(F)F)ccc1Nc1cc(-c2ccc(-n3ccnc3)cc2)[nH]n1. The van der Waals surface area contributed by atoms with Crippen molar-refractivity contribution < 1.29 is 13.2 Å². The molecule has 3 N–H and O–H groups in total. The topological polar surface area (TPSA) is 70.6 Å². The third kappa shape index (κ3) is 4.40. The van der Waals surface area contributed by atoms with Gasteiger partial charge in [-0.2, -0.15) is 18.3 Å². The van der Waals surface area contributed by atoms with Gasteiger partial charge in [0.25, 0.3) is 0 Å². The summed E-state index contributed by atoms with van der Waals surface area (Å²) in [5.74, 6) is 0.568. The number of imidazole rings is 1. The number of hydrogen-bond acceptors (Lipinski definition) is 4. The van der Waals surface area contributed by atoms with Crippen molar-refractivity contribution in [3.05, 3.63) is 72.8 Å². The molecule has 0 bridgehead atoms. The molecule has 0 saturated heterocycles. The van der Waals surface area contributed by atoms with Gasteiger partial charge in [0, 0.05) is 35.5 Å². The number of aryl methyl sites for hydroxylation is 1. The van der Waals surface area contributed by atoms with E-state index in [0.717, 1.165) is 16.9 Å². The monoisotopic (exact) mass is 398 g/mol. The third-order valence-corrected chi connectivity index (χ3v) is 4.33. The van der Waals surface area contributed by atoms with E-state index in [0.29, 0.717) is 17.1 Å². The molecule has 29 heavy (non-hydrogen) atoms. The number of nitrogens with zero attached hydrogens (tertiary/aromatic N) is 3.